The lowest BCUT2D eigenvalue weighted by molar-refractivity contribution is -0.204. The molecule has 2 aliphatic carbocycles. The van der Waals surface area contributed by atoms with E-state index in [-0.39, 0.29) is 18.6 Å². The number of aliphatic hydroxyl groups is 3. The van der Waals surface area contributed by atoms with Crippen molar-refractivity contribution in [1.82, 2.24) is 20.7 Å². The van der Waals surface area contributed by atoms with Gasteiger partial charge in [0.15, 0.2) is 5.60 Å². The van der Waals surface area contributed by atoms with Gasteiger partial charge in [-0.25, -0.2) is 10.2 Å². The SMILES string of the molecule is CCSSCCOC(=O)NNC(=O)[C@@]1(O)[C@H](O)[C@]2(CC)C=CCN3CC[C@@]4(c5cc([C@@]6(C(=O)OC)C[C@@H]7CN(CCC8=C6Cc6ccccc68)C[C@](O)(CC)C7)c(OC)cc5N(C)[C@@H]14)[C@@H]32. The lowest BCUT2D eigenvalue weighted by Gasteiger charge is -2.63. The predicted octanol–water partition coefficient (Wildman–Crippen LogP) is 4.73. The van der Waals surface area contributed by atoms with Gasteiger partial charge in [-0.1, -0.05) is 78.8 Å². The maximum atomic E-state index is 15.4. The number of nitrogens with zero attached hydrogens (tertiary/aromatic N) is 3. The van der Waals surface area contributed by atoms with Crippen molar-refractivity contribution in [2.75, 3.05) is 77.0 Å². The Morgan fingerprint density at radius 1 is 0.969 bits per heavy atom. The molecule has 0 radical (unpaired) electrons. The maximum Gasteiger partial charge on any atom is 0.426 e. The minimum atomic E-state index is -2.47. The first-order chi connectivity index (χ1) is 31.2. The summed E-state index contributed by atoms with van der Waals surface area (Å²) in [6.07, 6.45) is 5.17. The fourth-order valence-electron chi connectivity index (χ4n) is 14.0. The predicted molar refractivity (Wildman–Crippen MR) is 253 cm³/mol. The van der Waals surface area contributed by atoms with Gasteiger partial charge in [0, 0.05) is 78.9 Å². The van der Waals surface area contributed by atoms with Crippen molar-refractivity contribution in [3.63, 3.8) is 0 Å². The molecule has 1 spiro atoms. The largest absolute Gasteiger partial charge is 0.496 e. The molecule has 352 valence electrons. The second-order valence-electron chi connectivity index (χ2n) is 19.3. The van der Waals surface area contributed by atoms with Crippen LogP contribution in [0.25, 0.3) is 5.57 Å². The van der Waals surface area contributed by atoms with Crippen LogP contribution in [-0.2, 0) is 36.3 Å². The minimum Gasteiger partial charge on any atom is -0.496 e. The van der Waals surface area contributed by atoms with Crippen LogP contribution in [0.4, 0.5) is 10.5 Å². The molecule has 2 amide bonds. The Hall–Kier alpha value is -3.77. The normalized spacial score (nSPS) is 35.4. The summed E-state index contributed by atoms with van der Waals surface area (Å²) >= 11 is 0. The van der Waals surface area contributed by atoms with E-state index in [1.165, 1.54) is 7.11 Å². The Labute approximate surface area is 390 Å². The number of anilines is 1. The van der Waals surface area contributed by atoms with Gasteiger partial charge < -0.3 is 34.4 Å². The summed E-state index contributed by atoms with van der Waals surface area (Å²) in [6, 6.07) is 11.1. The number of piperidine rings is 1. The lowest BCUT2D eigenvalue weighted by Crippen LogP contribution is -2.82. The molecular formula is C49H65N5O9S2. The molecule has 1 saturated carbocycles. The standard InChI is InChI=1S/C49H65N5O9S2/c1-7-45(59)26-30-27-48(43(57)62-6,34-23-31-13-10-11-14-32(31)33(34)15-19-53(28-30)29-45)36-24-35-37(25-38(36)61-5)52(4)40-47(35)17-20-54-18-12-16-46(8-2,39(47)54)41(55)49(40,60)42(56)50-51-44(58)63-21-22-65-64-9-3/h10-14,16,24-25,30,39-41,55,59-60H,7-9,15,17-23,26-29H2,1-6H3,(H,50,56)(H,51,58)/t30-,39+,40-,41-,45+,46-,47-,48-,49+/m1/s1. The molecule has 9 rings (SSSR count). The van der Waals surface area contributed by atoms with Crippen LogP contribution in [0, 0.1) is 11.3 Å². The van der Waals surface area contributed by atoms with Crippen LogP contribution < -0.4 is 20.5 Å². The highest BCUT2D eigenvalue weighted by atomic mass is 33.1. The van der Waals surface area contributed by atoms with Gasteiger partial charge in [0.1, 0.15) is 23.9 Å². The van der Waals surface area contributed by atoms with Crippen LogP contribution >= 0.6 is 21.6 Å². The third-order valence-electron chi connectivity index (χ3n) is 16.4. The highest BCUT2D eigenvalue weighted by Gasteiger charge is 2.79. The van der Waals surface area contributed by atoms with Crippen LogP contribution in [0.2, 0.25) is 0 Å². The zero-order chi connectivity index (χ0) is 46.1. The molecule has 7 aliphatic rings. The third-order valence-corrected chi connectivity index (χ3v) is 18.9. The average molecular weight is 932 g/mol. The number of ether oxygens (including phenoxy) is 3. The van der Waals surface area contributed by atoms with Gasteiger partial charge in [0.2, 0.25) is 0 Å². The van der Waals surface area contributed by atoms with Crippen LogP contribution in [0.5, 0.6) is 5.75 Å². The Bertz CT molecular complexity index is 2300. The summed E-state index contributed by atoms with van der Waals surface area (Å²) in [5.74, 6) is 0.504. The molecular weight excluding hydrogens is 867 g/mol. The molecule has 5 aliphatic heterocycles. The third kappa shape index (κ3) is 6.88. The summed E-state index contributed by atoms with van der Waals surface area (Å²) in [5, 5.41) is 38.2. The topological polar surface area (TPSA) is 173 Å². The van der Waals surface area contributed by atoms with Gasteiger partial charge in [-0.15, -0.1) is 0 Å². The summed E-state index contributed by atoms with van der Waals surface area (Å²) in [4.78, 5) is 49.8. The first kappa shape index (κ1) is 46.3. The number of aliphatic hydroxyl groups excluding tert-OH is 1. The lowest BCUT2D eigenvalue weighted by atomic mass is 9.47. The second kappa shape index (κ2) is 17.4. The number of carbonyl (C=O) groups excluding carboxylic acids is 3. The summed E-state index contributed by atoms with van der Waals surface area (Å²) in [5.41, 5.74) is 4.57. The molecule has 10 atom stereocenters. The highest BCUT2D eigenvalue weighted by molar-refractivity contribution is 8.76. The van der Waals surface area contributed by atoms with Crippen molar-refractivity contribution in [3.05, 3.63) is 76.4 Å². The van der Waals surface area contributed by atoms with E-state index in [4.69, 9.17) is 14.2 Å². The van der Waals surface area contributed by atoms with Crippen LogP contribution in [0.15, 0.2) is 54.1 Å². The maximum absolute atomic E-state index is 15.4. The number of esters is 1. The van der Waals surface area contributed by atoms with Crippen molar-refractivity contribution in [1.29, 1.82) is 0 Å². The van der Waals surface area contributed by atoms with E-state index in [2.05, 4.69) is 38.9 Å². The van der Waals surface area contributed by atoms with Gasteiger partial charge in [-0.2, -0.15) is 0 Å². The fraction of sp³-hybridized carbons (Fsp3) is 0.612. The molecule has 16 heteroatoms. The molecule has 2 aromatic carbocycles. The molecule has 2 aromatic rings. The van der Waals surface area contributed by atoms with E-state index < -0.39 is 57.6 Å². The van der Waals surface area contributed by atoms with Crippen molar-refractivity contribution >= 4 is 50.8 Å². The zero-order valence-electron chi connectivity index (χ0n) is 38.5. The Morgan fingerprint density at radius 3 is 2.51 bits per heavy atom. The first-order valence-corrected chi connectivity index (χ1v) is 25.8. The highest BCUT2D eigenvalue weighted by Crippen LogP contribution is 2.68. The van der Waals surface area contributed by atoms with E-state index in [1.807, 2.05) is 63.1 Å². The molecule has 65 heavy (non-hydrogen) atoms. The smallest absolute Gasteiger partial charge is 0.426 e. The Balaban J connectivity index is 1.23. The van der Waals surface area contributed by atoms with Crippen molar-refractivity contribution in [3.8, 4) is 5.75 Å². The first-order valence-electron chi connectivity index (χ1n) is 23.3. The van der Waals surface area contributed by atoms with Crippen LogP contribution in [-0.4, -0.2) is 145 Å². The molecule has 3 fully saturated rings. The van der Waals surface area contributed by atoms with E-state index in [0.717, 1.165) is 40.1 Å². The molecule has 14 nitrogen and oxygen atoms in total. The van der Waals surface area contributed by atoms with E-state index in [9.17, 15) is 24.9 Å². The van der Waals surface area contributed by atoms with E-state index in [0.29, 0.717) is 93.9 Å². The number of carbonyl (C=O) groups is 3. The fourth-order valence-corrected chi connectivity index (χ4v) is 15.4. The number of rotatable bonds is 11. The number of hydrogen-bond acceptors (Lipinski definition) is 14. The number of hydrazine groups is 1. The van der Waals surface area contributed by atoms with Gasteiger partial charge in [0.25, 0.3) is 5.91 Å². The van der Waals surface area contributed by atoms with Gasteiger partial charge in [-0.3, -0.25) is 24.8 Å². The van der Waals surface area contributed by atoms with Gasteiger partial charge in [0.05, 0.1) is 25.9 Å². The Morgan fingerprint density at radius 2 is 1.77 bits per heavy atom. The van der Waals surface area contributed by atoms with Crippen molar-refractivity contribution in [2.45, 2.75) is 106 Å². The molecule has 2 saturated heterocycles. The Kier molecular flexibility index (Phi) is 12.4. The zero-order valence-corrected chi connectivity index (χ0v) is 40.1. The van der Waals surface area contributed by atoms with Crippen molar-refractivity contribution < 1.29 is 43.9 Å². The number of fused-ring (bicyclic) bond motifs is 5. The monoisotopic (exact) mass is 931 g/mol. The molecule has 2 bridgehead atoms. The number of benzene rings is 2. The van der Waals surface area contributed by atoms with Crippen LogP contribution in [0.1, 0.15) is 81.5 Å². The van der Waals surface area contributed by atoms with Crippen molar-refractivity contribution in [2.24, 2.45) is 11.3 Å². The number of methoxy groups -OCH3 is 2. The number of nitrogens with one attached hydrogen (secondary N) is 2. The summed E-state index contributed by atoms with van der Waals surface area (Å²) in [6.45, 7) is 9.44. The molecule has 5 N–H and O–H groups in total. The van der Waals surface area contributed by atoms with E-state index >= 15 is 4.79 Å². The second-order valence-corrected chi connectivity index (χ2v) is 22.2. The number of likely N-dealkylation sites (N-methyl/N-ethyl adjacent to an activating group) is 1. The van der Waals surface area contributed by atoms with E-state index in [1.54, 1.807) is 28.7 Å². The van der Waals surface area contributed by atoms with Crippen LogP contribution in [0.3, 0.4) is 0 Å². The van der Waals surface area contributed by atoms with Gasteiger partial charge >= 0.3 is 12.1 Å². The average Bonchev–Trinajstić information content (AvgIpc) is 3.97. The molecule has 0 aromatic heterocycles. The quantitative estimate of drug-likeness (QED) is 0.0689. The molecule has 1 unspecified atom stereocenters. The summed E-state index contributed by atoms with van der Waals surface area (Å²) in [7, 11) is 8.12. The molecule has 5 heterocycles. The van der Waals surface area contributed by atoms with Gasteiger partial charge in [-0.05, 0) is 91.3 Å². The summed E-state index contributed by atoms with van der Waals surface area (Å²) < 4.78 is 17.7. The number of hydrogen-bond donors (Lipinski definition) is 5. The number of amides is 2. The minimum absolute atomic E-state index is 0.0834.